The molecule has 3 aromatic carbocycles. The summed E-state index contributed by atoms with van der Waals surface area (Å²) in [5.74, 6) is -0.0382. The normalized spacial score (nSPS) is 10.6. The Balaban J connectivity index is 1.76. The number of carbonyl (C=O) groups excluding carboxylic acids is 2. The number of benzene rings is 3. The minimum atomic E-state index is -0.405. The van der Waals surface area contributed by atoms with Gasteiger partial charge in [0.25, 0.3) is 5.91 Å². The molecule has 0 atom stereocenters. The Labute approximate surface area is 202 Å². The molecule has 0 bridgehead atoms. The van der Waals surface area contributed by atoms with Gasteiger partial charge in [0.1, 0.15) is 15.6 Å². The standard InChI is InChI=1S/C27H25N3O3S/c1-16-8-12-18(13-9-16)24(31)25-23(28)22(26(32)29-19-14-10-17(2)11-15-19)27(34-25)30-20-6-4-5-7-21(20)33-3/h4-15,30H,28H2,1-3H3,(H,29,32). The first-order chi connectivity index (χ1) is 16.4. The van der Waals surface area contributed by atoms with E-state index in [0.29, 0.717) is 32.6 Å². The van der Waals surface area contributed by atoms with Crippen LogP contribution in [0.2, 0.25) is 0 Å². The molecule has 0 aliphatic rings. The van der Waals surface area contributed by atoms with Crippen molar-refractivity contribution in [3.8, 4) is 5.75 Å². The first kappa shape index (κ1) is 23.1. The molecule has 1 aromatic heterocycles. The topological polar surface area (TPSA) is 93.4 Å². The molecule has 1 heterocycles. The van der Waals surface area contributed by atoms with Crippen molar-refractivity contribution in [2.24, 2.45) is 0 Å². The molecule has 7 heteroatoms. The molecule has 4 rings (SSSR count). The maximum Gasteiger partial charge on any atom is 0.260 e. The molecule has 6 nitrogen and oxygen atoms in total. The molecule has 0 aliphatic carbocycles. The number of para-hydroxylation sites is 2. The van der Waals surface area contributed by atoms with Crippen molar-refractivity contribution >= 4 is 45.1 Å². The monoisotopic (exact) mass is 471 g/mol. The van der Waals surface area contributed by atoms with Gasteiger partial charge in [-0.15, -0.1) is 11.3 Å². The van der Waals surface area contributed by atoms with E-state index in [-0.39, 0.29) is 17.0 Å². The SMILES string of the molecule is COc1ccccc1Nc1sc(C(=O)c2ccc(C)cc2)c(N)c1C(=O)Nc1ccc(C)cc1. The fourth-order valence-electron chi connectivity index (χ4n) is 3.46. The summed E-state index contributed by atoms with van der Waals surface area (Å²) in [6.45, 7) is 3.93. The van der Waals surface area contributed by atoms with Crippen LogP contribution in [0.4, 0.5) is 22.1 Å². The molecule has 0 unspecified atom stereocenters. The van der Waals surface area contributed by atoms with Gasteiger partial charge in [-0.05, 0) is 38.1 Å². The van der Waals surface area contributed by atoms with Crippen molar-refractivity contribution in [2.75, 3.05) is 23.5 Å². The van der Waals surface area contributed by atoms with Crippen molar-refractivity contribution in [3.63, 3.8) is 0 Å². The molecule has 4 N–H and O–H groups in total. The molecule has 0 saturated heterocycles. The van der Waals surface area contributed by atoms with E-state index in [9.17, 15) is 9.59 Å². The lowest BCUT2D eigenvalue weighted by atomic mass is 10.1. The summed E-state index contributed by atoms with van der Waals surface area (Å²) in [7, 11) is 1.57. The number of rotatable bonds is 7. The van der Waals surface area contributed by atoms with Crippen LogP contribution in [0.3, 0.4) is 0 Å². The highest BCUT2D eigenvalue weighted by Gasteiger charge is 2.27. The summed E-state index contributed by atoms with van der Waals surface area (Å²) < 4.78 is 5.43. The van der Waals surface area contributed by atoms with Gasteiger partial charge in [-0.3, -0.25) is 9.59 Å². The van der Waals surface area contributed by atoms with Gasteiger partial charge in [0, 0.05) is 11.3 Å². The van der Waals surface area contributed by atoms with Gasteiger partial charge in [-0.2, -0.15) is 0 Å². The first-order valence-corrected chi connectivity index (χ1v) is 11.5. The Hall–Kier alpha value is -4.10. The van der Waals surface area contributed by atoms with Gasteiger partial charge in [-0.1, -0.05) is 59.7 Å². The average molecular weight is 472 g/mol. The van der Waals surface area contributed by atoms with Crippen molar-refractivity contribution in [3.05, 3.63) is 99.9 Å². The molecule has 0 saturated carbocycles. The number of nitrogens with one attached hydrogen (secondary N) is 2. The molecule has 172 valence electrons. The first-order valence-electron chi connectivity index (χ1n) is 10.7. The van der Waals surface area contributed by atoms with Crippen LogP contribution in [-0.4, -0.2) is 18.8 Å². The quantitative estimate of drug-likeness (QED) is 0.280. The third-order valence-corrected chi connectivity index (χ3v) is 6.48. The molecule has 0 spiro atoms. The molecule has 34 heavy (non-hydrogen) atoms. The lowest BCUT2D eigenvalue weighted by Gasteiger charge is -2.12. The van der Waals surface area contributed by atoms with Crippen molar-refractivity contribution < 1.29 is 14.3 Å². The van der Waals surface area contributed by atoms with Crippen LogP contribution in [0, 0.1) is 13.8 Å². The summed E-state index contributed by atoms with van der Waals surface area (Å²) in [4.78, 5) is 26.9. The van der Waals surface area contributed by atoms with E-state index in [4.69, 9.17) is 10.5 Å². The molecule has 1 amide bonds. The largest absolute Gasteiger partial charge is 0.495 e. The number of hydrogen-bond donors (Lipinski definition) is 3. The number of nitrogen functional groups attached to an aromatic ring is 1. The van der Waals surface area contributed by atoms with Gasteiger partial charge < -0.3 is 21.1 Å². The molecule has 0 radical (unpaired) electrons. The zero-order valence-corrected chi connectivity index (χ0v) is 20.0. The highest BCUT2D eigenvalue weighted by molar-refractivity contribution is 7.19. The maximum atomic E-state index is 13.3. The highest BCUT2D eigenvalue weighted by atomic mass is 32.1. The zero-order valence-electron chi connectivity index (χ0n) is 19.1. The van der Waals surface area contributed by atoms with Gasteiger partial charge in [0.05, 0.1) is 24.0 Å². The van der Waals surface area contributed by atoms with Crippen LogP contribution in [0.25, 0.3) is 0 Å². The Kier molecular flexibility index (Phi) is 6.65. The Bertz CT molecular complexity index is 1340. The molecule has 4 aromatic rings. The van der Waals surface area contributed by atoms with E-state index >= 15 is 0 Å². The summed E-state index contributed by atoms with van der Waals surface area (Å²) in [5.41, 5.74) is 10.7. The van der Waals surface area contributed by atoms with E-state index in [2.05, 4.69) is 10.6 Å². The predicted molar refractivity (Wildman–Crippen MR) is 139 cm³/mol. The number of aryl methyl sites for hydroxylation is 2. The summed E-state index contributed by atoms with van der Waals surface area (Å²) in [6, 6.07) is 22.1. The maximum absolute atomic E-state index is 13.3. The van der Waals surface area contributed by atoms with Crippen LogP contribution >= 0.6 is 11.3 Å². The molecule has 0 aliphatic heterocycles. The molecular formula is C27H25N3O3S. The van der Waals surface area contributed by atoms with Crippen LogP contribution in [-0.2, 0) is 0 Å². The van der Waals surface area contributed by atoms with Crippen LogP contribution in [0.5, 0.6) is 5.75 Å². The van der Waals surface area contributed by atoms with Gasteiger partial charge in [0.15, 0.2) is 0 Å². The minimum absolute atomic E-state index is 0.137. The Morgan fingerprint density at radius 3 is 2.15 bits per heavy atom. The number of nitrogens with two attached hydrogens (primary N) is 1. The molecular weight excluding hydrogens is 446 g/mol. The lowest BCUT2D eigenvalue weighted by molar-refractivity contribution is 0.102. The van der Waals surface area contributed by atoms with Crippen molar-refractivity contribution in [1.82, 2.24) is 0 Å². The average Bonchev–Trinajstić information content (AvgIpc) is 3.16. The van der Waals surface area contributed by atoms with Crippen LogP contribution < -0.4 is 21.1 Å². The second-order valence-electron chi connectivity index (χ2n) is 7.89. The second kappa shape index (κ2) is 9.80. The number of ketones is 1. The minimum Gasteiger partial charge on any atom is -0.495 e. The summed E-state index contributed by atoms with van der Waals surface area (Å²) in [6.07, 6.45) is 0. The van der Waals surface area contributed by atoms with E-state index < -0.39 is 5.91 Å². The third kappa shape index (κ3) is 4.79. The smallest absolute Gasteiger partial charge is 0.260 e. The number of carbonyl (C=O) groups is 2. The summed E-state index contributed by atoms with van der Waals surface area (Å²) >= 11 is 1.15. The number of hydrogen-bond acceptors (Lipinski definition) is 6. The molecule has 0 fully saturated rings. The highest BCUT2D eigenvalue weighted by Crippen LogP contribution is 2.40. The van der Waals surface area contributed by atoms with E-state index in [1.54, 1.807) is 19.2 Å². The second-order valence-corrected chi connectivity index (χ2v) is 8.91. The number of methoxy groups -OCH3 is 1. The van der Waals surface area contributed by atoms with E-state index in [1.165, 1.54) is 0 Å². The van der Waals surface area contributed by atoms with Gasteiger partial charge in [-0.25, -0.2) is 0 Å². The van der Waals surface area contributed by atoms with E-state index in [0.717, 1.165) is 22.5 Å². The Morgan fingerprint density at radius 1 is 0.882 bits per heavy atom. The van der Waals surface area contributed by atoms with Crippen LogP contribution in [0.1, 0.15) is 36.7 Å². The van der Waals surface area contributed by atoms with E-state index in [1.807, 2.05) is 74.5 Å². The number of thiophene rings is 1. The fourth-order valence-corrected chi connectivity index (χ4v) is 4.56. The zero-order chi connectivity index (χ0) is 24.2. The third-order valence-electron chi connectivity index (χ3n) is 5.36. The summed E-state index contributed by atoms with van der Waals surface area (Å²) in [5, 5.41) is 6.59. The Morgan fingerprint density at radius 2 is 1.50 bits per heavy atom. The number of amides is 1. The predicted octanol–water partition coefficient (Wildman–Crippen LogP) is 6.18. The lowest BCUT2D eigenvalue weighted by Crippen LogP contribution is -2.15. The number of anilines is 4. The van der Waals surface area contributed by atoms with Crippen molar-refractivity contribution in [2.45, 2.75) is 13.8 Å². The van der Waals surface area contributed by atoms with Crippen LogP contribution in [0.15, 0.2) is 72.8 Å². The fraction of sp³-hybridized carbons (Fsp3) is 0.111. The van der Waals surface area contributed by atoms with Gasteiger partial charge >= 0.3 is 0 Å². The number of ether oxygens (including phenoxy) is 1. The van der Waals surface area contributed by atoms with Crippen molar-refractivity contribution in [1.29, 1.82) is 0 Å². The van der Waals surface area contributed by atoms with Gasteiger partial charge in [0.2, 0.25) is 5.78 Å².